The van der Waals surface area contributed by atoms with Crippen LogP contribution in [0.2, 0.25) is 0 Å². The minimum Gasteiger partial charge on any atom is -0.301 e. The van der Waals surface area contributed by atoms with Gasteiger partial charge < -0.3 is 4.90 Å². The SMILES string of the molecule is CC#CCCN1C(=O)C(=O)c2cc(F)cc(F)c21. The van der Waals surface area contributed by atoms with E-state index < -0.39 is 23.3 Å². The summed E-state index contributed by atoms with van der Waals surface area (Å²) in [6.07, 6.45) is 0.325. The van der Waals surface area contributed by atoms with Crippen LogP contribution in [0.4, 0.5) is 14.5 Å². The number of ketones is 1. The zero-order valence-electron chi connectivity index (χ0n) is 9.59. The van der Waals surface area contributed by atoms with Crippen LogP contribution in [0, 0.1) is 23.5 Å². The van der Waals surface area contributed by atoms with Gasteiger partial charge in [-0.05, 0) is 13.0 Å². The van der Waals surface area contributed by atoms with Crippen LogP contribution in [0.15, 0.2) is 12.1 Å². The Morgan fingerprint density at radius 2 is 2.00 bits per heavy atom. The van der Waals surface area contributed by atoms with Crippen molar-refractivity contribution in [3.63, 3.8) is 0 Å². The van der Waals surface area contributed by atoms with Gasteiger partial charge in [0.05, 0.1) is 11.3 Å². The van der Waals surface area contributed by atoms with E-state index in [2.05, 4.69) is 11.8 Å². The van der Waals surface area contributed by atoms with Gasteiger partial charge in [0, 0.05) is 19.0 Å². The Morgan fingerprint density at radius 1 is 1.28 bits per heavy atom. The minimum atomic E-state index is -0.909. The van der Waals surface area contributed by atoms with Crippen molar-refractivity contribution in [1.29, 1.82) is 0 Å². The highest BCUT2D eigenvalue weighted by molar-refractivity contribution is 6.52. The molecule has 92 valence electrons. The number of halogens is 2. The molecule has 0 saturated carbocycles. The molecule has 18 heavy (non-hydrogen) atoms. The highest BCUT2D eigenvalue weighted by Gasteiger charge is 2.38. The number of hydrogen-bond acceptors (Lipinski definition) is 2. The van der Waals surface area contributed by atoms with Gasteiger partial charge >= 0.3 is 0 Å². The Bertz CT molecular complexity index is 599. The molecule has 1 heterocycles. The van der Waals surface area contributed by atoms with E-state index in [0.29, 0.717) is 12.5 Å². The van der Waals surface area contributed by atoms with Crippen LogP contribution in [0.5, 0.6) is 0 Å². The van der Waals surface area contributed by atoms with Gasteiger partial charge in [0.2, 0.25) is 0 Å². The summed E-state index contributed by atoms with van der Waals surface area (Å²) in [6.45, 7) is 1.75. The number of carbonyl (C=O) groups excluding carboxylic acids is 2. The van der Waals surface area contributed by atoms with Gasteiger partial charge in [0.15, 0.2) is 5.82 Å². The van der Waals surface area contributed by atoms with E-state index in [4.69, 9.17) is 0 Å². The van der Waals surface area contributed by atoms with Crippen molar-refractivity contribution in [2.45, 2.75) is 13.3 Å². The van der Waals surface area contributed by atoms with Gasteiger partial charge in [-0.1, -0.05) is 0 Å². The summed E-state index contributed by atoms with van der Waals surface area (Å²) in [5, 5.41) is 0. The summed E-state index contributed by atoms with van der Waals surface area (Å²) in [7, 11) is 0. The fourth-order valence-electron chi connectivity index (χ4n) is 1.86. The topological polar surface area (TPSA) is 37.4 Å². The number of hydrogen-bond donors (Lipinski definition) is 0. The van der Waals surface area contributed by atoms with Gasteiger partial charge in [-0.25, -0.2) is 8.78 Å². The van der Waals surface area contributed by atoms with Crippen LogP contribution in [0.3, 0.4) is 0 Å². The summed E-state index contributed by atoms with van der Waals surface area (Å²) >= 11 is 0. The number of benzene rings is 1. The van der Waals surface area contributed by atoms with Crippen LogP contribution < -0.4 is 4.90 Å². The van der Waals surface area contributed by atoms with Crippen molar-refractivity contribution in [3.8, 4) is 11.8 Å². The molecule has 1 aliphatic heterocycles. The monoisotopic (exact) mass is 249 g/mol. The molecule has 0 unspecified atom stereocenters. The van der Waals surface area contributed by atoms with Crippen molar-refractivity contribution in [1.82, 2.24) is 0 Å². The Balaban J connectivity index is 2.43. The summed E-state index contributed by atoms with van der Waals surface area (Å²) in [5.74, 6) is 1.86. The van der Waals surface area contributed by atoms with Gasteiger partial charge in [-0.2, -0.15) is 0 Å². The molecule has 0 spiro atoms. The summed E-state index contributed by atoms with van der Waals surface area (Å²) in [5.41, 5.74) is -0.369. The lowest BCUT2D eigenvalue weighted by molar-refractivity contribution is -0.114. The fraction of sp³-hybridized carbons (Fsp3) is 0.231. The number of fused-ring (bicyclic) bond motifs is 1. The Labute approximate surface area is 102 Å². The number of nitrogens with zero attached hydrogens (tertiary/aromatic N) is 1. The van der Waals surface area contributed by atoms with Gasteiger partial charge in [-0.15, -0.1) is 11.8 Å². The molecule has 0 radical (unpaired) electrons. The molecule has 1 amide bonds. The quantitative estimate of drug-likeness (QED) is 0.593. The summed E-state index contributed by atoms with van der Waals surface area (Å²) in [6, 6.07) is 1.54. The molecular formula is C13H9F2NO2. The Hall–Kier alpha value is -2.22. The summed E-state index contributed by atoms with van der Waals surface area (Å²) in [4.78, 5) is 24.3. The van der Waals surface area contributed by atoms with E-state index in [1.54, 1.807) is 6.92 Å². The van der Waals surface area contributed by atoms with Crippen molar-refractivity contribution in [2.75, 3.05) is 11.4 Å². The van der Waals surface area contributed by atoms with Crippen molar-refractivity contribution < 1.29 is 18.4 Å². The molecule has 0 N–H and O–H groups in total. The average Bonchev–Trinajstić information content (AvgIpc) is 2.55. The molecule has 0 saturated heterocycles. The Kier molecular flexibility index (Phi) is 3.11. The van der Waals surface area contributed by atoms with Crippen LogP contribution in [-0.2, 0) is 4.79 Å². The normalized spacial score (nSPS) is 13.4. The van der Waals surface area contributed by atoms with Crippen LogP contribution in [0.25, 0.3) is 0 Å². The Morgan fingerprint density at radius 3 is 2.67 bits per heavy atom. The molecule has 5 heteroatoms. The molecule has 0 bridgehead atoms. The molecule has 1 aliphatic rings. The third-order valence-electron chi connectivity index (χ3n) is 2.62. The van der Waals surface area contributed by atoms with E-state index >= 15 is 0 Å². The molecule has 0 fully saturated rings. The lowest BCUT2D eigenvalue weighted by Gasteiger charge is -2.15. The maximum absolute atomic E-state index is 13.6. The van der Waals surface area contributed by atoms with E-state index in [-0.39, 0.29) is 17.8 Å². The smallest absolute Gasteiger partial charge is 0.299 e. The maximum atomic E-state index is 13.6. The molecule has 0 aromatic heterocycles. The second-order valence-corrected chi connectivity index (χ2v) is 3.75. The van der Waals surface area contributed by atoms with Gasteiger partial charge in [-0.3, -0.25) is 9.59 Å². The molecule has 1 aromatic rings. The third-order valence-corrected chi connectivity index (χ3v) is 2.62. The van der Waals surface area contributed by atoms with Gasteiger partial charge in [0.25, 0.3) is 11.7 Å². The molecule has 2 rings (SSSR count). The van der Waals surface area contributed by atoms with E-state index in [9.17, 15) is 18.4 Å². The fourth-order valence-corrected chi connectivity index (χ4v) is 1.86. The van der Waals surface area contributed by atoms with Gasteiger partial charge in [0.1, 0.15) is 5.82 Å². The first kappa shape index (κ1) is 12.2. The number of Topliss-reactive ketones (excluding diaryl/α,β-unsaturated/α-hetero) is 1. The standard InChI is InChI=1S/C13H9F2NO2/c1-2-3-4-5-16-11-9(12(17)13(16)18)6-8(14)7-10(11)15/h6-7H,4-5H2,1H3. The maximum Gasteiger partial charge on any atom is 0.299 e. The average molecular weight is 249 g/mol. The second kappa shape index (κ2) is 4.57. The van der Waals surface area contributed by atoms with Crippen LogP contribution in [-0.4, -0.2) is 18.2 Å². The predicted molar refractivity (Wildman–Crippen MR) is 61.1 cm³/mol. The molecule has 1 aromatic carbocycles. The first-order valence-electron chi connectivity index (χ1n) is 5.31. The lowest BCUT2D eigenvalue weighted by atomic mass is 10.1. The third kappa shape index (κ3) is 1.86. The summed E-state index contributed by atoms with van der Waals surface area (Å²) < 4.78 is 26.6. The van der Waals surface area contributed by atoms with E-state index in [1.165, 1.54) is 0 Å². The zero-order valence-corrected chi connectivity index (χ0v) is 9.59. The van der Waals surface area contributed by atoms with E-state index in [1.807, 2.05) is 0 Å². The molecule has 0 aliphatic carbocycles. The van der Waals surface area contributed by atoms with Crippen LogP contribution in [0.1, 0.15) is 23.7 Å². The first-order chi connectivity index (χ1) is 8.56. The highest BCUT2D eigenvalue weighted by atomic mass is 19.1. The number of rotatable bonds is 2. The van der Waals surface area contributed by atoms with Crippen molar-refractivity contribution >= 4 is 17.4 Å². The van der Waals surface area contributed by atoms with Crippen LogP contribution >= 0.6 is 0 Å². The highest BCUT2D eigenvalue weighted by Crippen LogP contribution is 2.32. The van der Waals surface area contributed by atoms with Crippen molar-refractivity contribution in [3.05, 3.63) is 29.3 Å². The number of carbonyl (C=O) groups is 2. The molecule has 3 nitrogen and oxygen atoms in total. The first-order valence-corrected chi connectivity index (χ1v) is 5.31. The van der Waals surface area contributed by atoms with E-state index in [0.717, 1.165) is 11.0 Å². The largest absolute Gasteiger partial charge is 0.301 e. The van der Waals surface area contributed by atoms with Crippen molar-refractivity contribution in [2.24, 2.45) is 0 Å². The second-order valence-electron chi connectivity index (χ2n) is 3.75. The molecule has 0 atom stereocenters. The lowest BCUT2D eigenvalue weighted by Crippen LogP contribution is -2.30. The minimum absolute atomic E-state index is 0.112. The molecular weight excluding hydrogens is 240 g/mol. The zero-order chi connectivity index (χ0) is 13.3. The predicted octanol–water partition coefficient (Wildman–Crippen LogP) is 1.91. The number of amides is 1. The number of anilines is 1.